The summed E-state index contributed by atoms with van der Waals surface area (Å²) in [6.45, 7) is 2.95. The van der Waals surface area contributed by atoms with Gasteiger partial charge in [-0.2, -0.15) is 0 Å². The molecule has 2 aromatic rings. The van der Waals surface area contributed by atoms with E-state index in [9.17, 15) is 0 Å². The summed E-state index contributed by atoms with van der Waals surface area (Å²) >= 11 is 3.60. The van der Waals surface area contributed by atoms with Crippen LogP contribution in [0.5, 0.6) is 5.75 Å². The van der Waals surface area contributed by atoms with Gasteiger partial charge in [-0.15, -0.1) is 23.5 Å². The van der Waals surface area contributed by atoms with Crippen LogP contribution in [0.1, 0.15) is 31.7 Å². The second kappa shape index (κ2) is 16.4. The zero-order chi connectivity index (χ0) is 22.9. The minimum atomic E-state index is 0.0601. The maximum Gasteiger partial charge on any atom is 0.118 e. The summed E-state index contributed by atoms with van der Waals surface area (Å²) in [5.41, 5.74) is 2.17. The van der Waals surface area contributed by atoms with Crippen LogP contribution < -0.4 is 4.74 Å². The summed E-state index contributed by atoms with van der Waals surface area (Å²) in [6.07, 6.45) is 5.10. The number of thioether (sulfide) groups is 2. The van der Waals surface area contributed by atoms with E-state index in [1.807, 2.05) is 30.0 Å². The Hall–Kier alpha value is -2.24. The Labute approximate surface area is 202 Å². The maximum atomic E-state index is 5.29. The van der Waals surface area contributed by atoms with E-state index in [0.29, 0.717) is 0 Å². The highest BCUT2D eigenvalue weighted by molar-refractivity contribution is 8.00. The summed E-state index contributed by atoms with van der Waals surface area (Å²) in [6, 6.07) is 18.5. The first-order chi connectivity index (χ1) is 15.8. The smallest absolute Gasteiger partial charge is 0.118 e. The molecular weight excluding hydrogens is 432 g/mol. The molecule has 1 unspecified atom stereocenters. The Balaban J connectivity index is 2.17. The lowest BCUT2D eigenvalue weighted by molar-refractivity contribution is 0.193. The first-order valence-electron chi connectivity index (χ1n) is 10.9. The van der Waals surface area contributed by atoms with E-state index in [4.69, 9.17) is 9.47 Å². The first-order valence-corrected chi connectivity index (χ1v) is 12.9. The average molecular weight is 465 g/mol. The molecule has 0 bridgehead atoms. The number of unbranched alkanes of at least 4 members (excludes halogenated alkanes) is 2. The summed E-state index contributed by atoms with van der Waals surface area (Å²) in [5.74, 6) is 16.2. The molecule has 0 saturated carbocycles. The third kappa shape index (κ3) is 10.4. The van der Waals surface area contributed by atoms with Crippen LogP contribution in [0.2, 0.25) is 0 Å². The SMILES string of the molecule is CCSC(C#CCSc1ccccc1)/C(C#CCCCCOC)=C/c1ccc(OC)cc1. The molecule has 2 rings (SSSR count). The van der Waals surface area contributed by atoms with Crippen LogP contribution in [0.4, 0.5) is 0 Å². The fourth-order valence-electron chi connectivity index (χ4n) is 2.83. The molecule has 0 aliphatic heterocycles. The van der Waals surface area contributed by atoms with Crippen molar-refractivity contribution >= 4 is 29.6 Å². The summed E-state index contributed by atoms with van der Waals surface area (Å²) < 4.78 is 10.4. The lowest BCUT2D eigenvalue weighted by Crippen LogP contribution is -2.04. The topological polar surface area (TPSA) is 18.5 Å². The van der Waals surface area contributed by atoms with Crippen molar-refractivity contribution in [2.45, 2.75) is 36.3 Å². The van der Waals surface area contributed by atoms with Gasteiger partial charge in [0.2, 0.25) is 0 Å². The van der Waals surface area contributed by atoms with E-state index >= 15 is 0 Å². The molecular formula is C28H32O2S2. The van der Waals surface area contributed by atoms with Crippen LogP contribution >= 0.6 is 23.5 Å². The number of methoxy groups -OCH3 is 2. The van der Waals surface area contributed by atoms with Crippen LogP contribution in [-0.2, 0) is 4.74 Å². The van der Waals surface area contributed by atoms with Crippen LogP contribution in [0, 0.1) is 23.7 Å². The molecule has 0 radical (unpaired) electrons. The first kappa shape index (κ1) is 26.0. The van der Waals surface area contributed by atoms with Gasteiger partial charge in [0.05, 0.1) is 18.1 Å². The van der Waals surface area contributed by atoms with Crippen molar-refractivity contribution in [1.29, 1.82) is 0 Å². The third-order valence-corrected chi connectivity index (χ3v) is 6.41. The Morgan fingerprint density at radius 3 is 2.47 bits per heavy atom. The summed E-state index contributed by atoms with van der Waals surface area (Å²) in [5, 5.41) is 0.0601. The third-order valence-electron chi connectivity index (χ3n) is 4.47. The highest BCUT2D eigenvalue weighted by Gasteiger charge is 2.10. The molecule has 0 aliphatic rings. The quantitative estimate of drug-likeness (QED) is 0.206. The molecule has 0 spiro atoms. The number of hydrogen-bond donors (Lipinski definition) is 0. The molecule has 4 heteroatoms. The van der Waals surface area contributed by atoms with Gasteiger partial charge >= 0.3 is 0 Å². The minimum absolute atomic E-state index is 0.0601. The van der Waals surface area contributed by atoms with Gasteiger partial charge in [0.15, 0.2) is 0 Å². The molecule has 168 valence electrons. The van der Waals surface area contributed by atoms with Gasteiger partial charge in [0.1, 0.15) is 5.75 Å². The molecule has 2 aromatic carbocycles. The molecule has 0 aromatic heterocycles. The van der Waals surface area contributed by atoms with E-state index < -0.39 is 0 Å². The Morgan fingerprint density at radius 1 is 1.00 bits per heavy atom. The molecule has 0 N–H and O–H groups in total. The van der Waals surface area contributed by atoms with E-state index in [2.05, 4.69) is 73.1 Å². The van der Waals surface area contributed by atoms with Gasteiger partial charge in [-0.3, -0.25) is 0 Å². The number of ether oxygens (including phenoxy) is 2. The molecule has 2 nitrogen and oxygen atoms in total. The monoisotopic (exact) mass is 464 g/mol. The number of rotatable bonds is 11. The van der Waals surface area contributed by atoms with E-state index in [-0.39, 0.29) is 5.25 Å². The molecule has 0 heterocycles. The van der Waals surface area contributed by atoms with E-state index in [1.54, 1.807) is 26.0 Å². The molecule has 0 amide bonds. The standard InChI is InChI=1S/C28H32O2S2/c1-4-31-28(16-12-22-32-27-14-9-7-10-15-27)25(13-8-5-6-11-21-29-2)23-24-17-19-26(30-3)20-18-24/h7,9-10,14-15,17-20,23,28H,4-6,11,21-22H2,1-3H3/b25-23+. The van der Waals surface area contributed by atoms with Crippen LogP contribution in [0.3, 0.4) is 0 Å². The fraction of sp³-hybridized carbons (Fsp3) is 0.357. The van der Waals surface area contributed by atoms with Crippen molar-refractivity contribution in [3.8, 4) is 29.4 Å². The van der Waals surface area contributed by atoms with Crippen LogP contribution in [0.25, 0.3) is 6.08 Å². The highest BCUT2D eigenvalue weighted by atomic mass is 32.2. The van der Waals surface area contributed by atoms with Crippen molar-refractivity contribution in [1.82, 2.24) is 0 Å². The molecule has 0 aliphatic carbocycles. The van der Waals surface area contributed by atoms with Gasteiger partial charge in [0.25, 0.3) is 0 Å². The Kier molecular flexibility index (Phi) is 13.3. The molecule has 0 fully saturated rings. The molecule has 1 atom stereocenters. The zero-order valence-corrected chi connectivity index (χ0v) is 20.9. The minimum Gasteiger partial charge on any atom is -0.497 e. The predicted octanol–water partition coefficient (Wildman–Crippen LogP) is 6.82. The summed E-state index contributed by atoms with van der Waals surface area (Å²) in [4.78, 5) is 1.24. The van der Waals surface area contributed by atoms with Gasteiger partial charge in [-0.05, 0) is 54.5 Å². The lowest BCUT2D eigenvalue weighted by Gasteiger charge is -2.10. The number of hydrogen-bond acceptors (Lipinski definition) is 4. The Morgan fingerprint density at radius 2 is 1.78 bits per heavy atom. The van der Waals surface area contributed by atoms with Gasteiger partial charge in [-0.25, -0.2) is 0 Å². The normalized spacial score (nSPS) is 11.7. The van der Waals surface area contributed by atoms with E-state index in [1.165, 1.54) is 4.90 Å². The molecule has 32 heavy (non-hydrogen) atoms. The Bertz CT molecular complexity index is 929. The lowest BCUT2D eigenvalue weighted by atomic mass is 10.1. The maximum absolute atomic E-state index is 5.29. The second-order valence-electron chi connectivity index (χ2n) is 6.88. The van der Waals surface area contributed by atoms with E-state index in [0.717, 1.165) is 54.3 Å². The van der Waals surface area contributed by atoms with Crippen molar-refractivity contribution in [3.63, 3.8) is 0 Å². The highest BCUT2D eigenvalue weighted by Crippen LogP contribution is 2.23. The van der Waals surface area contributed by atoms with Gasteiger partial charge in [-0.1, -0.05) is 60.9 Å². The van der Waals surface area contributed by atoms with Crippen molar-refractivity contribution in [2.24, 2.45) is 0 Å². The van der Waals surface area contributed by atoms with Gasteiger partial charge < -0.3 is 9.47 Å². The van der Waals surface area contributed by atoms with Crippen LogP contribution in [-0.4, -0.2) is 37.6 Å². The van der Waals surface area contributed by atoms with Gasteiger partial charge in [0, 0.05) is 30.6 Å². The van der Waals surface area contributed by atoms with Crippen LogP contribution in [0.15, 0.2) is 65.1 Å². The summed E-state index contributed by atoms with van der Waals surface area (Å²) in [7, 11) is 3.42. The zero-order valence-electron chi connectivity index (χ0n) is 19.2. The average Bonchev–Trinajstić information content (AvgIpc) is 2.83. The second-order valence-corrected chi connectivity index (χ2v) is 9.31. The fourth-order valence-corrected chi connectivity index (χ4v) is 4.31. The predicted molar refractivity (Wildman–Crippen MR) is 141 cm³/mol. The van der Waals surface area contributed by atoms with Crippen molar-refractivity contribution < 1.29 is 9.47 Å². The largest absolute Gasteiger partial charge is 0.497 e. The number of benzene rings is 2. The molecule has 0 saturated heterocycles. The van der Waals surface area contributed by atoms with Crippen molar-refractivity contribution in [3.05, 3.63) is 65.7 Å². The van der Waals surface area contributed by atoms with Crippen molar-refractivity contribution in [2.75, 3.05) is 32.3 Å².